The van der Waals surface area contributed by atoms with Crippen LogP contribution in [0.5, 0.6) is 0 Å². The minimum Gasteiger partial charge on any atom is -0.272 e. The lowest BCUT2D eigenvalue weighted by Gasteiger charge is -2.31. The molecular formula is C30H21Cl2FN2OS. The Morgan fingerprint density at radius 1 is 0.892 bits per heavy atom. The summed E-state index contributed by atoms with van der Waals surface area (Å²) in [5.74, 6) is -0.375. The molecule has 0 saturated heterocycles. The van der Waals surface area contributed by atoms with E-state index >= 15 is 0 Å². The highest BCUT2D eigenvalue weighted by Gasteiger charge is 2.33. The third kappa shape index (κ3) is 4.42. The summed E-state index contributed by atoms with van der Waals surface area (Å²) in [6.07, 6.45) is 6.27. The van der Waals surface area contributed by atoms with Crippen LogP contribution in [0.4, 0.5) is 4.39 Å². The summed E-state index contributed by atoms with van der Waals surface area (Å²) < 4.78 is 16.6. The Labute approximate surface area is 227 Å². The topological polar surface area (TPSA) is 34.4 Å². The van der Waals surface area contributed by atoms with Crippen molar-refractivity contribution in [2.75, 3.05) is 0 Å². The Morgan fingerprint density at radius 2 is 1.59 bits per heavy atom. The second-order valence-electron chi connectivity index (χ2n) is 9.04. The molecule has 0 N–H and O–H groups in total. The Balaban J connectivity index is 1.62. The molecule has 0 radical (unpaired) electrons. The molecule has 3 aromatic carbocycles. The molecule has 37 heavy (non-hydrogen) atoms. The second-order valence-corrected chi connectivity index (χ2v) is 10.9. The number of nitrogens with zero attached hydrogens (tertiary/aromatic N) is 2. The summed E-state index contributed by atoms with van der Waals surface area (Å²) in [4.78, 5) is 19.4. The van der Waals surface area contributed by atoms with Crippen molar-refractivity contribution in [3.63, 3.8) is 0 Å². The Hall–Kier alpha value is -3.25. The van der Waals surface area contributed by atoms with E-state index in [1.807, 2.05) is 48.5 Å². The average molecular weight is 547 g/mol. The summed E-state index contributed by atoms with van der Waals surface area (Å²) in [6.45, 7) is 0. The number of halogens is 3. The van der Waals surface area contributed by atoms with Gasteiger partial charge in [-0.25, -0.2) is 9.38 Å². The van der Waals surface area contributed by atoms with Crippen LogP contribution in [0.2, 0.25) is 10.0 Å². The fraction of sp³-hybridized carbons (Fsp3) is 0.133. The van der Waals surface area contributed by atoms with E-state index in [0.717, 1.165) is 47.2 Å². The zero-order valence-electron chi connectivity index (χ0n) is 19.6. The average Bonchev–Trinajstić information content (AvgIpc) is 3.21. The van der Waals surface area contributed by atoms with Crippen molar-refractivity contribution < 1.29 is 4.39 Å². The molecule has 4 aromatic rings. The van der Waals surface area contributed by atoms with Crippen LogP contribution in [0.3, 0.4) is 0 Å². The molecule has 7 heteroatoms. The van der Waals surface area contributed by atoms with Crippen LogP contribution >= 0.6 is 34.5 Å². The maximum Gasteiger partial charge on any atom is 0.271 e. The molecule has 0 saturated carbocycles. The Kier molecular flexibility index (Phi) is 6.45. The summed E-state index contributed by atoms with van der Waals surface area (Å²) in [7, 11) is 0. The van der Waals surface area contributed by atoms with Crippen LogP contribution < -0.4 is 14.9 Å². The molecule has 3 nitrogen and oxygen atoms in total. The smallest absolute Gasteiger partial charge is 0.271 e. The van der Waals surface area contributed by atoms with E-state index < -0.39 is 6.04 Å². The van der Waals surface area contributed by atoms with Gasteiger partial charge in [-0.15, -0.1) is 0 Å². The maximum atomic E-state index is 14.4. The maximum absolute atomic E-state index is 14.4. The lowest BCUT2D eigenvalue weighted by Crippen LogP contribution is -2.39. The number of rotatable bonds is 3. The molecule has 1 atom stereocenters. The quantitative estimate of drug-likeness (QED) is 0.274. The van der Waals surface area contributed by atoms with Crippen molar-refractivity contribution in [1.29, 1.82) is 0 Å². The molecule has 6 rings (SSSR count). The van der Waals surface area contributed by atoms with Gasteiger partial charge in [0.05, 0.1) is 16.3 Å². The van der Waals surface area contributed by atoms with Gasteiger partial charge in [0.25, 0.3) is 5.56 Å². The molecular weight excluding hydrogens is 526 g/mol. The Bertz CT molecular complexity index is 1780. The van der Waals surface area contributed by atoms with E-state index in [4.69, 9.17) is 28.2 Å². The zero-order chi connectivity index (χ0) is 25.5. The molecule has 2 aliphatic rings. The van der Waals surface area contributed by atoms with Crippen molar-refractivity contribution in [2.24, 2.45) is 4.99 Å². The van der Waals surface area contributed by atoms with Crippen molar-refractivity contribution in [2.45, 2.75) is 25.3 Å². The van der Waals surface area contributed by atoms with Gasteiger partial charge in [0.1, 0.15) is 5.82 Å². The molecule has 0 spiro atoms. The van der Waals surface area contributed by atoms with Crippen molar-refractivity contribution in [1.82, 2.24) is 4.57 Å². The van der Waals surface area contributed by atoms with Gasteiger partial charge in [0.15, 0.2) is 4.80 Å². The molecule has 1 aliphatic heterocycles. The molecule has 1 aromatic heterocycles. The fourth-order valence-electron chi connectivity index (χ4n) is 5.04. The SMILES string of the molecule is O=c1/c(=C\c2ccccc2F)sc2n1C(c1ccccc1Cl)C1=C(N=2)/C(=C\c2ccccc2Cl)CCC1. The molecule has 0 bridgehead atoms. The largest absolute Gasteiger partial charge is 0.272 e. The highest BCUT2D eigenvalue weighted by Crippen LogP contribution is 2.42. The van der Waals surface area contributed by atoms with Crippen LogP contribution in [0.1, 0.15) is 42.0 Å². The predicted molar refractivity (Wildman–Crippen MR) is 149 cm³/mol. The fourth-order valence-corrected chi connectivity index (χ4v) is 6.46. The highest BCUT2D eigenvalue weighted by atomic mass is 35.5. The summed E-state index contributed by atoms with van der Waals surface area (Å²) in [6, 6.07) is 21.4. The van der Waals surface area contributed by atoms with Crippen molar-refractivity contribution in [3.05, 3.63) is 142 Å². The van der Waals surface area contributed by atoms with Gasteiger partial charge in [-0.3, -0.25) is 9.36 Å². The summed E-state index contributed by atoms with van der Waals surface area (Å²) in [5.41, 5.74) is 4.97. The minimum absolute atomic E-state index is 0.203. The first-order chi connectivity index (χ1) is 18.0. The molecule has 1 unspecified atom stereocenters. The first-order valence-electron chi connectivity index (χ1n) is 12.0. The van der Waals surface area contributed by atoms with Crippen molar-refractivity contribution in [3.8, 4) is 0 Å². The van der Waals surface area contributed by atoms with Gasteiger partial charge < -0.3 is 0 Å². The van der Waals surface area contributed by atoms with Gasteiger partial charge in [-0.2, -0.15) is 0 Å². The van der Waals surface area contributed by atoms with Crippen LogP contribution in [-0.2, 0) is 0 Å². The van der Waals surface area contributed by atoms with E-state index in [-0.39, 0.29) is 11.4 Å². The van der Waals surface area contributed by atoms with E-state index in [1.54, 1.807) is 28.8 Å². The van der Waals surface area contributed by atoms with Gasteiger partial charge in [0, 0.05) is 15.6 Å². The molecule has 184 valence electrons. The number of hydrogen-bond donors (Lipinski definition) is 0. The Morgan fingerprint density at radius 3 is 2.35 bits per heavy atom. The van der Waals surface area contributed by atoms with Crippen molar-refractivity contribution >= 4 is 46.7 Å². The van der Waals surface area contributed by atoms with E-state index in [0.29, 0.717) is 24.9 Å². The second kappa shape index (κ2) is 9.90. The normalized spacial score (nSPS) is 18.5. The van der Waals surface area contributed by atoms with Crippen LogP contribution in [0.25, 0.3) is 12.2 Å². The number of aromatic nitrogens is 1. The number of thiazole rings is 1. The molecule has 2 heterocycles. The zero-order valence-corrected chi connectivity index (χ0v) is 22.0. The van der Waals surface area contributed by atoms with Gasteiger partial charge in [-0.1, -0.05) is 89.1 Å². The molecule has 0 fully saturated rings. The highest BCUT2D eigenvalue weighted by molar-refractivity contribution is 7.07. The first-order valence-corrected chi connectivity index (χ1v) is 13.6. The van der Waals surface area contributed by atoms with E-state index in [9.17, 15) is 9.18 Å². The summed E-state index contributed by atoms with van der Waals surface area (Å²) >= 11 is 14.4. The standard InChI is InChI=1S/C30H21Cl2FN2OS/c31-23-13-4-1-8-18(23)16-20-10-7-12-22-27(20)34-30-35(28(22)21-11-3-5-14-24(21)32)29(36)26(37-30)17-19-9-2-6-15-25(19)33/h1-6,8-9,11,13-17,28H,7,10,12H2/b20-16-,26-17+. The van der Waals surface area contributed by atoms with E-state index in [2.05, 4.69) is 6.08 Å². The molecule has 0 amide bonds. The summed E-state index contributed by atoms with van der Waals surface area (Å²) in [5, 5.41) is 1.27. The van der Waals surface area contributed by atoms with Crippen LogP contribution in [0.15, 0.2) is 99.4 Å². The van der Waals surface area contributed by atoms with Gasteiger partial charge >= 0.3 is 0 Å². The lowest BCUT2D eigenvalue weighted by molar-refractivity contribution is 0.553. The number of hydrogen-bond acceptors (Lipinski definition) is 3. The van der Waals surface area contributed by atoms with Crippen LogP contribution in [0, 0.1) is 5.82 Å². The monoisotopic (exact) mass is 546 g/mol. The van der Waals surface area contributed by atoms with Crippen LogP contribution in [-0.4, -0.2) is 4.57 Å². The molecule has 1 aliphatic carbocycles. The minimum atomic E-state index is -0.391. The van der Waals surface area contributed by atoms with E-state index in [1.165, 1.54) is 17.4 Å². The third-order valence-corrected chi connectivity index (χ3v) is 8.43. The third-order valence-electron chi connectivity index (χ3n) is 6.76. The first kappa shape index (κ1) is 24.1. The number of allylic oxidation sites excluding steroid dienone is 2. The number of benzene rings is 3. The van der Waals surface area contributed by atoms with Gasteiger partial charge in [-0.05, 0) is 71.9 Å². The lowest BCUT2D eigenvalue weighted by atomic mass is 9.84. The predicted octanol–water partition coefficient (Wildman–Crippen LogP) is 6.93. The van der Waals surface area contributed by atoms with Gasteiger partial charge in [0.2, 0.25) is 0 Å². The number of fused-ring (bicyclic) bond motifs is 1.